The molecule has 0 spiro atoms. The normalized spacial score (nSPS) is 11.8. The summed E-state index contributed by atoms with van der Waals surface area (Å²) in [5.74, 6) is 3.20. The first-order valence-electron chi connectivity index (χ1n) is 24.0. The number of aryl methyl sites for hydroxylation is 2. The standard InChI is InChI=1S/2C25H31.C12H7Si.2ClH.Zr/c2*1-15(2)20-12-21(16(3)4)14-22(13-20)25-23(17(5)6)9-8-19-10-18(7)11-24(19)25;1-3-7-11-9(5-1)10-6-2-4-8-12(10)13-11;;;/h2*8-17H,1-7H3;1-7H;2*1H;/q3*-1;;;+2/p-2. The zero-order valence-electron chi connectivity index (χ0n) is 41.8. The molecule has 0 unspecified atom stereocenters. The predicted molar refractivity (Wildman–Crippen MR) is 291 cm³/mol. The molecule has 0 aliphatic carbocycles. The maximum Gasteiger partial charge on any atom is 0.0920 e. The Kier molecular flexibility index (Phi) is 18.0. The van der Waals surface area contributed by atoms with Gasteiger partial charge >= 0.3 is 37.9 Å². The number of hydrogen-bond donors (Lipinski definition) is 0. The van der Waals surface area contributed by atoms with Crippen LogP contribution in [0.5, 0.6) is 0 Å². The van der Waals surface area contributed by atoms with Gasteiger partial charge in [0, 0.05) is 0 Å². The molecular weight excluding hydrogens is 935 g/mol. The van der Waals surface area contributed by atoms with E-state index in [1.807, 2.05) is 6.07 Å². The average molecular weight is 1000 g/mol. The first-order chi connectivity index (χ1) is 31.4. The third kappa shape index (κ3) is 12.1. The summed E-state index contributed by atoms with van der Waals surface area (Å²) in [7, 11) is 10.7. The fourth-order valence-electron chi connectivity index (χ4n) is 9.21. The van der Waals surface area contributed by atoms with Gasteiger partial charge in [0.2, 0.25) is 0 Å². The van der Waals surface area contributed by atoms with Crippen LogP contribution in [0, 0.1) is 19.9 Å². The summed E-state index contributed by atoms with van der Waals surface area (Å²) in [6.45, 7) is 31.9. The van der Waals surface area contributed by atoms with Gasteiger partial charge in [-0.2, -0.15) is 41.6 Å². The Balaban J connectivity index is 0.000000166. The maximum absolute atomic E-state index is 4.93. The molecule has 0 amide bonds. The number of rotatable bonds is 8. The molecule has 0 aromatic heterocycles. The van der Waals surface area contributed by atoms with Gasteiger partial charge in [0.05, 0.1) is 9.52 Å². The predicted octanol–water partition coefficient (Wildman–Crippen LogP) is 18.3. The van der Waals surface area contributed by atoms with Crippen molar-refractivity contribution in [3.63, 3.8) is 0 Å². The Morgan fingerprint density at radius 2 is 0.864 bits per heavy atom. The van der Waals surface area contributed by atoms with Gasteiger partial charge in [0.15, 0.2) is 0 Å². The van der Waals surface area contributed by atoms with Crippen molar-refractivity contribution in [3.05, 3.63) is 178 Å². The van der Waals surface area contributed by atoms with E-state index < -0.39 is 20.8 Å². The van der Waals surface area contributed by atoms with E-state index in [1.165, 1.54) is 110 Å². The minimum atomic E-state index is -0.826. The molecular formula is C62H69Cl2SiZr-3. The summed E-state index contributed by atoms with van der Waals surface area (Å²) in [4.78, 5) is 0. The van der Waals surface area contributed by atoms with E-state index >= 15 is 0 Å². The number of halogens is 2. The van der Waals surface area contributed by atoms with Crippen molar-refractivity contribution in [1.82, 2.24) is 0 Å². The first kappa shape index (κ1) is 51.6. The molecule has 0 atom stereocenters. The molecule has 4 heteroatoms. The molecule has 342 valence electrons. The van der Waals surface area contributed by atoms with Gasteiger partial charge in [-0.3, -0.25) is 0 Å². The van der Waals surface area contributed by atoms with E-state index in [-0.39, 0.29) is 0 Å². The molecule has 0 N–H and O–H groups in total. The quantitative estimate of drug-likeness (QED) is 0.105. The molecule has 1 aliphatic heterocycles. The first-order valence-corrected chi connectivity index (χ1v) is 31.3. The molecule has 1 heterocycles. The van der Waals surface area contributed by atoms with Crippen LogP contribution in [-0.4, -0.2) is 9.52 Å². The van der Waals surface area contributed by atoms with Crippen LogP contribution in [0.4, 0.5) is 0 Å². The Bertz CT molecular complexity index is 2640. The van der Waals surface area contributed by atoms with Crippen LogP contribution in [-0.2, 0) is 20.8 Å². The van der Waals surface area contributed by atoms with Gasteiger partial charge in [0.25, 0.3) is 0 Å². The van der Waals surface area contributed by atoms with Crippen LogP contribution >= 0.6 is 17.0 Å². The SMILES string of the molecule is Cc1cc2c(-c3cc(C(C)C)cc(C(C)C)c3)c(C(C)C)ccc2[cH-]1.Cc1cc2c(-c3cc(C(C)C)cc(C(C)C)c3)c(C(C)C)ccc2[cH-]1.[Cl][Zr][Cl].[c-]1cccc2c1[Si]c1ccccc1-2. The van der Waals surface area contributed by atoms with Crippen LogP contribution in [0.25, 0.3) is 54.9 Å². The van der Waals surface area contributed by atoms with Crippen molar-refractivity contribution in [1.29, 1.82) is 0 Å². The van der Waals surface area contributed by atoms with Crippen LogP contribution in [0.1, 0.15) is 163 Å². The van der Waals surface area contributed by atoms with E-state index in [0.29, 0.717) is 35.5 Å². The molecule has 0 bridgehead atoms. The van der Waals surface area contributed by atoms with Crippen molar-refractivity contribution in [2.45, 2.75) is 132 Å². The molecule has 2 radical (unpaired) electrons. The molecule has 1 aliphatic rings. The van der Waals surface area contributed by atoms with Gasteiger partial charge in [0.1, 0.15) is 0 Å². The fourth-order valence-corrected chi connectivity index (χ4v) is 10.5. The van der Waals surface area contributed by atoms with E-state index in [1.54, 1.807) is 0 Å². The average Bonchev–Trinajstić information content (AvgIpc) is 3.98. The monoisotopic (exact) mass is 1000 g/mol. The second kappa shape index (κ2) is 23.0. The minimum Gasteiger partial charge on any atom is -0.184 e. The number of hydrogen-bond acceptors (Lipinski definition) is 0. The molecule has 0 fully saturated rings. The number of fused-ring (bicyclic) bond motifs is 5. The van der Waals surface area contributed by atoms with Crippen LogP contribution in [0.15, 0.2) is 127 Å². The smallest absolute Gasteiger partial charge is 0.0920 e. The summed E-state index contributed by atoms with van der Waals surface area (Å²) < 4.78 is 0. The third-order valence-corrected chi connectivity index (χ3v) is 14.3. The Labute approximate surface area is 419 Å². The largest absolute Gasteiger partial charge is 0.184 e. The molecule has 0 saturated carbocycles. The van der Waals surface area contributed by atoms with Gasteiger partial charge in [-0.25, -0.2) is 0 Å². The minimum absolute atomic E-state index is 0.514. The van der Waals surface area contributed by atoms with E-state index in [9.17, 15) is 0 Å². The van der Waals surface area contributed by atoms with Crippen molar-refractivity contribution >= 4 is 58.5 Å². The van der Waals surface area contributed by atoms with Crippen molar-refractivity contribution in [3.8, 4) is 33.4 Å². The van der Waals surface area contributed by atoms with Crippen LogP contribution in [0.3, 0.4) is 0 Å². The third-order valence-electron chi connectivity index (χ3n) is 12.9. The van der Waals surface area contributed by atoms with Crippen molar-refractivity contribution < 1.29 is 20.8 Å². The van der Waals surface area contributed by atoms with E-state index in [2.05, 4.69) is 224 Å². The second-order valence-corrected chi connectivity index (χ2v) is 25.1. The topological polar surface area (TPSA) is 0 Å². The molecule has 66 heavy (non-hydrogen) atoms. The summed E-state index contributed by atoms with van der Waals surface area (Å²) in [5.41, 5.74) is 19.8. The van der Waals surface area contributed by atoms with Gasteiger partial charge < -0.3 is 0 Å². The van der Waals surface area contributed by atoms with E-state index in [0.717, 1.165) is 9.52 Å². The van der Waals surface area contributed by atoms with Gasteiger partial charge in [-0.15, -0.1) is 74.6 Å². The summed E-state index contributed by atoms with van der Waals surface area (Å²) in [6, 6.07) is 51.2. The molecule has 8 aromatic carbocycles. The Morgan fingerprint density at radius 3 is 1.26 bits per heavy atom. The molecule has 8 aromatic rings. The van der Waals surface area contributed by atoms with Crippen LogP contribution < -0.4 is 10.4 Å². The Morgan fingerprint density at radius 1 is 0.470 bits per heavy atom. The van der Waals surface area contributed by atoms with Crippen molar-refractivity contribution in [2.75, 3.05) is 0 Å². The second-order valence-electron chi connectivity index (χ2n) is 20.0. The molecule has 9 rings (SSSR count). The maximum atomic E-state index is 4.93. The van der Waals surface area contributed by atoms with Gasteiger partial charge in [-0.1, -0.05) is 191 Å². The molecule has 0 saturated heterocycles. The van der Waals surface area contributed by atoms with E-state index in [4.69, 9.17) is 17.0 Å². The van der Waals surface area contributed by atoms with Crippen LogP contribution in [0.2, 0.25) is 0 Å². The zero-order chi connectivity index (χ0) is 48.0. The fraction of sp³-hybridized carbons (Fsp3) is 0.323. The van der Waals surface area contributed by atoms with Gasteiger partial charge in [-0.05, 0) is 68.9 Å². The number of benzene rings is 6. The summed E-state index contributed by atoms with van der Waals surface area (Å²) >= 11 is -0.826. The molecule has 0 nitrogen and oxygen atoms in total. The zero-order valence-corrected chi connectivity index (χ0v) is 46.8. The Hall–Kier alpha value is -3.78. The summed E-state index contributed by atoms with van der Waals surface area (Å²) in [6.07, 6.45) is 0. The summed E-state index contributed by atoms with van der Waals surface area (Å²) in [5, 5.41) is 8.35. The van der Waals surface area contributed by atoms with Crippen molar-refractivity contribution in [2.24, 2.45) is 0 Å².